The van der Waals surface area contributed by atoms with Gasteiger partial charge in [0.2, 0.25) is 11.8 Å². The molecule has 0 spiro atoms. The zero-order chi connectivity index (χ0) is 30.3. The molecule has 3 aromatic carbocycles. The first-order chi connectivity index (χ1) is 20.1. The van der Waals surface area contributed by atoms with Crippen molar-refractivity contribution in [3.63, 3.8) is 0 Å². The van der Waals surface area contributed by atoms with E-state index in [-0.39, 0.29) is 34.8 Å². The number of hydrogen-bond acceptors (Lipinski definition) is 6. The van der Waals surface area contributed by atoms with Crippen molar-refractivity contribution < 1.29 is 27.5 Å². The van der Waals surface area contributed by atoms with Gasteiger partial charge in [0.05, 0.1) is 24.8 Å². The van der Waals surface area contributed by atoms with E-state index in [2.05, 4.69) is 5.32 Å². The quantitative estimate of drug-likeness (QED) is 0.307. The standard InChI is InChI=1S/C31H36ClN3O6S/c1-22(31(37)33-24-11-5-6-12-24)34(20-23-10-4-7-13-27(23)32)30(36)21-35(28-14-8-9-15-29(28)41-3)42(38,39)26-18-16-25(40-2)17-19-26/h4,7-10,13-19,22,24H,5-6,11-12,20-21H2,1-3H3,(H,33,37)/t22-/m1/s1. The molecule has 0 aliphatic heterocycles. The number of carbonyl (C=O) groups excluding carboxylic acids is 2. The number of amides is 2. The van der Waals surface area contributed by atoms with Gasteiger partial charge >= 0.3 is 0 Å². The molecule has 0 radical (unpaired) electrons. The van der Waals surface area contributed by atoms with Gasteiger partial charge < -0.3 is 19.7 Å². The van der Waals surface area contributed by atoms with Crippen molar-refractivity contribution in [2.24, 2.45) is 0 Å². The third kappa shape index (κ3) is 7.17. The summed E-state index contributed by atoms with van der Waals surface area (Å²) in [7, 11) is -1.35. The summed E-state index contributed by atoms with van der Waals surface area (Å²) in [5.41, 5.74) is 0.819. The highest BCUT2D eigenvalue weighted by Crippen LogP contribution is 2.33. The van der Waals surface area contributed by atoms with Crippen molar-refractivity contribution in [3.05, 3.63) is 83.4 Å². The van der Waals surface area contributed by atoms with Gasteiger partial charge in [-0.25, -0.2) is 8.42 Å². The number of nitrogens with one attached hydrogen (secondary N) is 1. The van der Waals surface area contributed by atoms with E-state index in [9.17, 15) is 18.0 Å². The lowest BCUT2D eigenvalue weighted by Crippen LogP contribution is -2.52. The summed E-state index contributed by atoms with van der Waals surface area (Å²) in [6.45, 7) is 1.07. The molecule has 3 aromatic rings. The van der Waals surface area contributed by atoms with Gasteiger partial charge in [0, 0.05) is 17.6 Å². The van der Waals surface area contributed by atoms with E-state index < -0.39 is 28.5 Å². The second-order valence-electron chi connectivity index (χ2n) is 10.1. The Balaban J connectivity index is 1.72. The molecule has 224 valence electrons. The number of rotatable bonds is 12. The normalized spacial score (nSPS) is 14.2. The highest BCUT2D eigenvalue weighted by molar-refractivity contribution is 7.92. The third-order valence-corrected chi connectivity index (χ3v) is 9.59. The minimum Gasteiger partial charge on any atom is -0.497 e. The number of para-hydroxylation sites is 2. The molecule has 1 aliphatic rings. The van der Waals surface area contributed by atoms with E-state index in [1.54, 1.807) is 55.5 Å². The second kappa shape index (κ2) is 13.9. The summed E-state index contributed by atoms with van der Waals surface area (Å²) in [6.07, 6.45) is 3.86. The van der Waals surface area contributed by atoms with Crippen molar-refractivity contribution in [2.75, 3.05) is 25.1 Å². The van der Waals surface area contributed by atoms with E-state index >= 15 is 0 Å². The van der Waals surface area contributed by atoms with E-state index in [1.165, 1.54) is 43.4 Å². The smallest absolute Gasteiger partial charge is 0.264 e. The number of methoxy groups -OCH3 is 2. The number of halogens is 1. The molecule has 1 aliphatic carbocycles. The monoisotopic (exact) mass is 613 g/mol. The van der Waals surface area contributed by atoms with Crippen LogP contribution in [0.25, 0.3) is 0 Å². The van der Waals surface area contributed by atoms with Gasteiger partial charge in [-0.3, -0.25) is 13.9 Å². The third-order valence-electron chi connectivity index (χ3n) is 7.45. The van der Waals surface area contributed by atoms with E-state index in [0.717, 1.165) is 30.0 Å². The summed E-state index contributed by atoms with van der Waals surface area (Å²) in [4.78, 5) is 28.8. The van der Waals surface area contributed by atoms with Crippen LogP contribution in [0.5, 0.6) is 11.5 Å². The first kappa shape index (κ1) is 31.2. The van der Waals surface area contributed by atoms with Gasteiger partial charge in [-0.1, -0.05) is 54.8 Å². The first-order valence-corrected chi connectivity index (χ1v) is 15.6. The average molecular weight is 614 g/mol. The van der Waals surface area contributed by atoms with Crippen LogP contribution in [0.3, 0.4) is 0 Å². The molecule has 1 atom stereocenters. The van der Waals surface area contributed by atoms with Crippen LogP contribution in [0.15, 0.2) is 77.7 Å². The van der Waals surface area contributed by atoms with Crippen molar-refractivity contribution in [2.45, 2.75) is 56.1 Å². The van der Waals surface area contributed by atoms with Gasteiger partial charge in [0.1, 0.15) is 24.1 Å². The minimum atomic E-state index is -4.26. The lowest BCUT2D eigenvalue weighted by Gasteiger charge is -2.33. The topological polar surface area (TPSA) is 105 Å². The van der Waals surface area contributed by atoms with Crippen LogP contribution in [-0.2, 0) is 26.2 Å². The molecule has 4 rings (SSSR count). The summed E-state index contributed by atoms with van der Waals surface area (Å²) in [5.74, 6) is -0.120. The van der Waals surface area contributed by atoms with Gasteiger partial charge in [-0.2, -0.15) is 0 Å². The van der Waals surface area contributed by atoms with Crippen LogP contribution in [0.2, 0.25) is 5.02 Å². The Hall–Kier alpha value is -3.76. The molecule has 0 heterocycles. The maximum absolute atomic E-state index is 14.1. The molecule has 42 heavy (non-hydrogen) atoms. The number of benzene rings is 3. The second-order valence-corrected chi connectivity index (χ2v) is 12.4. The van der Waals surface area contributed by atoms with E-state index in [0.29, 0.717) is 16.3 Å². The molecule has 9 nitrogen and oxygen atoms in total. The number of sulfonamides is 1. The Morgan fingerprint density at radius 3 is 2.24 bits per heavy atom. The summed E-state index contributed by atoms with van der Waals surface area (Å²) in [5, 5.41) is 3.49. The van der Waals surface area contributed by atoms with Gasteiger partial charge in [-0.05, 0) is 67.8 Å². The molecule has 0 saturated heterocycles. The fraction of sp³-hybridized carbons (Fsp3) is 0.355. The largest absolute Gasteiger partial charge is 0.497 e. The highest BCUT2D eigenvalue weighted by Gasteiger charge is 2.34. The molecule has 1 saturated carbocycles. The zero-order valence-corrected chi connectivity index (χ0v) is 25.5. The first-order valence-electron chi connectivity index (χ1n) is 13.8. The summed E-state index contributed by atoms with van der Waals surface area (Å²) in [6, 6.07) is 18.7. The number of hydrogen-bond donors (Lipinski definition) is 1. The number of carbonyl (C=O) groups is 2. The van der Waals surface area contributed by atoms with Crippen molar-refractivity contribution in [1.29, 1.82) is 0 Å². The summed E-state index contributed by atoms with van der Waals surface area (Å²) >= 11 is 6.44. The predicted octanol–water partition coefficient (Wildman–Crippen LogP) is 5.03. The molecular formula is C31H36ClN3O6S. The van der Waals surface area contributed by atoms with Crippen molar-refractivity contribution >= 4 is 39.1 Å². The molecule has 1 N–H and O–H groups in total. The Bertz CT molecular complexity index is 1490. The number of anilines is 1. The Kier molecular flexibility index (Phi) is 10.3. The zero-order valence-electron chi connectivity index (χ0n) is 24.0. The lowest BCUT2D eigenvalue weighted by molar-refractivity contribution is -0.139. The molecule has 0 aromatic heterocycles. The minimum absolute atomic E-state index is 0.0140. The van der Waals surface area contributed by atoms with E-state index in [4.69, 9.17) is 21.1 Å². The van der Waals surface area contributed by atoms with Crippen molar-refractivity contribution in [1.82, 2.24) is 10.2 Å². The molecule has 0 unspecified atom stereocenters. The van der Waals surface area contributed by atoms with Gasteiger partial charge in [0.15, 0.2) is 0 Å². The molecule has 2 amide bonds. The average Bonchev–Trinajstić information content (AvgIpc) is 3.52. The predicted molar refractivity (Wildman–Crippen MR) is 162 cm³/mol. The van der Waals surface area contributed by atoms with Crippen LogP contribution >= 0.6 is 11.6 Å². The SMILES string of the molecule is COc1ccc(S(=O)(=O)N(CC(=O)N(Cc2ccccc2Cl)[C@H](C)C(=O)NC2CCCC2)c2ccccc2OC)cc1. The van der Waals surface area contributed by atoms with Crippen LogP contribution < -0.4 is 19.1 Å². The molecule has 11 heteroatoms. The van der Waals surface area contributed by atoms with Gasteiger partial charge in [0.25, 0.3) is 10.0 Å². The van der Waals surface area contributed by atoms with Crippen LogP contribution in [0.4, 0.5) is 5.69 Å². The van der Waals surface area contributed by atoms with Gasteiger partial charge in [-0.15, -0.1) is 0 Å². The number of nitrogens with zero attached hydrogens (tertiary/aromatic N) is 2. The Morgan fingerprint density at radius 2 is 1.60 bits per heavy atom. The maximum atomic E-state index is 14.1. The molecule has 1 fully saturated rings. The highest BCUT2D eigenvalue weighted by atomic mass is 35.5. The summed E-state index contributed by atoms with van der Waals surface area (Å²) < 4.78 is 39.8. The lowest BCUT2D eigenvalue weighted by atomic mass is 10.1. The van der Waals surface area contributed by atoms with Crippen LogP contribution in [0.1, 0.15) is 38.2 Å². The fourth-order valence-corrected chi connectivity index (χ4v) is 6.63. The van der Waals surface area contributed by atoms with Crippen LogP contribution in [-0.4, -0.2) is 58.0 Å². The van der Waals surface area contributed by atoms with Crippen molar-refractivity contribution in [3.8, 4) is 11.5 Å². The Morgan fingerprint density at radius 1 is 0.952 bits per heavy atom. The maximum Gasteiger partial charge on any atom is 0.264 e. The molecular weight excluding hydrogens is 578 g/mol. The number of ether oxygens (including phenoxy) is 2. The Labute approximate surface area is 252 Å². The van der Waals surface area contributed by atoms with Crippen LogP contribution in [0, 0.1) is 0 Å². The molecule has 0 bridgehead atoms. The van der Waals surface area contributed by atoms with E-state index in [1.807, 2.05) is 0 Å². The fourth-order valence-electron chi connectivity index (χ4n) is 5.01.